The molecule has 2 aliphatic rings. The van der Waals surface area contributed by atoms with Crippen LogP contribution in [0.5, 0.6) is 5.75 Å². The summed E-state index contributed by atoms with van der Waals surface area (Å²) in [6, 6.07) is 6.77. The van der Waals surface area contributed by atoms with Gasteiger partial charge in [0, 0.05) is 23.6 Å². The molecule has 20 heavy (non-hydrogen) atoms. The lowest BCUT2D eigenvalue weighted by Crippen LogP contribution is -2.69. The lowest BCUT2D eigenvalue weighted by molar-refractivity contribution is -0.127. The van der Waals surface area contributed by atoms with Crippen molar-refractivity contribution in [2.24, 2.45) is 11.7 Å². The first-order valence-electron chi connectivity index (χ1n) is 6.70. The first-order chi connectivity index (χ1) is 9.65. The van der Waals surface area contributed by atoms with E-state index in [-0.39, 0.29) is 30.7 Å². The van der Waals surface area contributed by atoms with Crippen molar-refractivity contribution < 1.29 is 14.3 Å². The lowest BCUT2D eigenvalue weighted by atomic mass is 9.72. The Morgan fingerprint density at radius 2 is 2.20 bits per heavy atom. The quantitative estimate of drug-likeness (QED) is 0.867. The molecule has 4 unspecified atom stereocenters. The van der Waals surface area contributed by atoms with Crippen LogP contribution in [-0.4, -0.2) is 37.3 Å². The number of nitrogens with one attached hydrogen (secondary N) is 1. The zero-order valence-corrected chi connectivity index (χ0v) is 11.7. The van der Waals surface area contributed by atoms with Crippen LogP contribution in [0.3, 0.4) is 0 Å². The normalized spacial score (nSPS) is 31.3. The Hall–Kier alpha value is -1.30. The first-order valence-corrected chi connectivity index (χ1v) is 7.08. The molecule has 1 aliphatic heterocycles. The number of nitrogens with two attached hydrogens (primary N) is 1. The second-order valence-corrected chi connectivity index (χ2v) is 5.64. The number of fused-ring (bicyclic) bond motifs is 1. The molecule has 1 heterocycles. The Labute approximate surface area is 122 Å². The third-order valence-corrected chi connectivity index (χ3v) is 4.21. The van der Waals surface area contributed by atoms with Crippen LogP contribution in [0, 0.1) is 5.92 Å². The molecule has 1 aliphatic carbocycles. The van der Waals surface area contributed by atoms with Gasteiger partial charge in [0.15, 0.2) is 6.61 Å². The van der Waals surface area contributed by atoms with Crippen LogP contribution in [0.1, 0.15) is 6.42 Å². The molecule has 1 saturated carbocycles. The molecule has 2 fully saturated rings. The van der Waals surface area contributed by atoms with Gasteiger partial charge in [0.25, 0.3) is 5.91 Å². The number of carbonyl (C=O) groups is 1. The maximum Gasteiger partial charge on any atom is 0.258 e. The highest BCUT2D eigenvalue weighted by Gasteiger charge is 2.52. The van der Waals surface area contributed by atoms with E-state index in [0.717, 1.165) is 13.0 Å². The zero-order valence-electron chi connectivity index (χ0n) is 10.9. The van der Waals surface area contributed by atoms with Crippen LogP contribution in [0.4, 0.5) is 0 Å². The highest BCUT2D eigenvalue weighted by molar-refractivity contribution is 6.30. The van der Waals surface area contributed by atoms with Crippen LogP contribution in [0.25, 0.3) is 0 Å². The number of rotatable bonds is 4. The van der Waals surface area contributed by atoms with Crippen molar-refractivity contribution in [3.05, 3.63) is 29.3 Å². The van der Waals surface area contributed by atoms with Gasteiger partial charge in [-0.05, 0) is 30.7 Å². The number of amides is 1. The van der Waals surface area contributed by atoms with E-state index in [0.29, 0.717) is 16.7 Å². The summed E-state index contributed by atoms with van der Waals surface area (Å²) < 4.78 is 10.9. The number of carbonyl (C=O) groups excluding carboxylic acids is 1. The van der Waals surface area contributed by atoms with E-state index in [4.69, 9.17) is 26.8 Å². The molecule has 0 radical (unpaired) electrons. The number of benzene rings is 1. The highest BCUT2D eigenvalue weighted by Crippen LogP contribution is 2.37. The minimum absolute atomic E-state index is 0.0121. The predicted octanol–water partition coefficient (Wildman–Crippen LogP) is 0.950. The van der Waals surface area contributed by atoms with Crippen molar-refractivity contribution >= 4 is 17.5 Å². The van der Waals surface area contributed by atoms with Gasteiger partial charge in [-0.2, -0.15) is 0 Å². The fraction of sp³-hybridized carbons (Fsp3) is 0.500. The summed E-state index contributed by atoms with van der Waals surface area (Å²) in [7, 11) is 0. The SMILES string of the molecule is NC1C2CCOC2C1NC(=O)COc1ccc(Cl)cc1. The van der Waals surface area contributed by atoms with E-state index in [1.54, 1.807) is 24.3 Å². The van der Waals surface area contributed by atoms with Crippen molar-refractivity contribution in [2.75, 3.05) is 13.2 Å². The summed E-state index contributed by atoms with van der Waals surface area (Å²) in [5.74, 6) is 0.810. The number of ether oxygens (including phenoxy) is 2. The standard InChI is InChI=1S/C14H17ClN2O3/c15-8-1-3-9(4-2-8)20-7-11(18)17-13-12(16)10-5-6-19-14(10)13/h1-4,10,12-14H,5-7,16H2,(H,17,18). The second kappa shape index (κ2) is 5.60. The molecule has 0 bridgehead atoms. The van der Waals surface area contributed by atoms with E-state index in [1.165, 1.54) is 0 Å². The van der Waals surface area contributed by atoms with Gasteiger partial charge in [-0.15, -0.1) is 0 Å². The Morgan fingerprint density at radius 3 is 2.95 bits per heavy atom. The molecule has 108 valence electrons. The molecular formula is C14H17ClN2O3. The summed E-state index contributed by atoms with van der Waals surface area (Å²) in [4.78, 5) is 11.8. The van der Waals surface area contributed by atoms with Crippen molar-refractivity contribution in [1.29, 1.82) is 0 Å². The van der Waals surface area contributed by atoms with Gasteiger partial charge in [-0.25, -0.2) is 0 Å². The minimum Gasteiger partial charge on any atom is -0.484 e. The largest absolute Gasteiger partial charge is 0.484 e. The fourth-order valence-corrected chi connectivity index (χ4v) is 2.96. The third-order valence-electron chi connectivity index (χ3n) is 3.96. The molecule has 3 N–H and O–H groups in total. The van der Waals surface area contributed by atoms with Crippen LogP contribution in [0.15, 0.2) is 24.3 Å². The second-order valence-electron chi connectivity index (χ2n) is 5.20. The van der Waals surface area contributed by atoms with Gasteiger partial charge < -0.3 is 20.5 Å². The van der Waals surface area contributed by atoms with Crippen molar-refractivity contribution in [1.82, 2.24) is 5.32 Å². The van der Waals surface area contributed by atoms with Gasteiger partial charge in [0.1, 0.15) is 5.75 Å². The number of halogens is 1. The average Bonchev–Trinajstić information content (AvgIpc) is 2.89. The highest BCUT2D eigenvalue weighted by atomic mass is 35.5. The molecule has 0 aromatic heterocycles. The van der Waals surface area contributed by atoms with Crippen molar-refractivity contribution in [3.63, 3.8) is 0 Å². The maximum atomic E-state index is 11.8. The molecule has 1 aromatic rings. The number of hydrogen-bond donors (Lipinski definition) is 2. The molecule has 5 nitrogen and oxygen atoms in total. The molecule has 1 amide bonds. The molecule has 6 heteroatoms. The zero-order chi connectivity index (χ0) is 14.1. The predicted molar refractivity (Wildman–Crippen MR) is 74.7 cm³/mol. The van der Waals surface area contributed by atoms with Gasteiger partial charge in [-0.1, -0.05) is 11.6 Å². The van der Waals surface area contributed by atoms with Gasteiger partial charge in [0.05, 0.1) is 12.1 Å². The summed E-state index contributed by atoms with van der Waals surface area (Å²) in [6.07, 6.45) is 1.06. The van der Waals surface area contributed by atoms with Crippen LogP contribution in [-0.2, 0) is 9.53 Å². The lowest BCUT2D eigenvalue weighted by Gasteiger charge is -2.45. The molecular weight excluding hydrogens is 280 g/mol. The number of hydrogen-bond acceptors (Lipinski definition) is 4. The Kier molecular flexibility index (Phi) is 3.83. The van der Waals surface area contributed by atoms with Crippen LogP contribution < -0.4 is 15.8 Å². The summed E-state index contributed by atoms with van der Waals surface area (Å²) in [5.41, 5.74) is 6.03. The van der Waals surface area contributed by atoms with Crippen LogP contribution >= 0.6 is 11.6 Å². The molecule has 0 spiro atoms. The van der Waals surface area contributed by atoms with E-state index >= 15 is 0 Å². The fourth-order valence-electron chi connectivity index (χ4n) is 2.83. The van der Waals surface area contributed by atoms with E-state index in [9.17, 15) is 4.79 Å². The molecule has 1 aromatic carbocycles. The summed E-state index contributed by atoms with van der Waals surface area (Å²) >= 11 is 5.77. The topological polar surface area (TPSA) is 73.6 Å². The van der Waals surface area contributed by atoms with E-state index < -0.39 is 0 Å². The molecule has 3 rings (SSSR count). The van der Waals surface area contributed by atoms with Gasteiger partial charge in [0.2, 0.25) is 0 Å². The minimum atomic E-state index is -0.186. The molecule has 4 atom stereocenters. The summed E-state index contributed by atoms with van der Waals surface area (Å²) in [5, 5.41) is 3.51. The van der Waals surface area contributed by atoms with E-state index in [2.05, 4.69) is 5.32 Å². The maximum absolute atomic E-state index is 11.8. The first kappa shape index (κ1) is 13.7. The average molecular weight is 297 g/mol. The van der Waals surface area contributed by atoms with Crippen molar-refractivity contribution in [2.45, 2.75) is 24.6 Å². The van der Waals surface area contributed by atoms with E-state index in [1.807, 2.05) is 0 Å². The Bertz CT molecular complexity index is 494. The van der Waals surface area contributed by atoms with Crippen LogP contribution in [0.2, 0.25) is 5.02 Å². The van der Waals surface area contributed by atoms with Gasteiger partial charge >= 0.3 is 0 Å². The third kappa shape index (κ3) is 2.61. The molecule has 1 saturated heterocycles. The Balaban J connectivity index is 1.47. The Morgan fingerprint density at radius 1 is 1.45 bits per heavy atom. The smallest absolute Gasteiger partial charge is 0.258 e. The monoisotopic (exact) mass is 296 g/mol. The van der Waals surface area contributed by atoms with Crippen molar-refractivity contribution in [3.8, 4) is 5.75 Å². The summed E-state index contributed by atoms with van der Waals surface area (Å²) in [6.45, 7) is 0.693. The van der Waals surface area contributed by atoms with Gasteiger partial charge in [-0.3, -0.25) is 4.79 Å².